The Bertz CT molecular complexity index is 1380. The minimum Gasteiger partial charge on any atom is -0.494 e. The normalized spacial score (nSPS) is 12.8. The van der Waals surface area contributed by atoms with E-state index in [0.717, 1.165) is 24.6 Å². The van der Waals surface area contributed by atoms with E-state index < -0.39 is 17.6 Å². The molecule has 0 bridgehead atoms. The molecule has 33 heavy (non-hydrogen) atoms. The summed E-state index contributed by atoms with van der Waals surface area (Å²) in [5.74, 6) is -1.78. The third-order valence-electron chi connectivity index (χ3n) is 5.75. The first-order chi connectivity index (χ1) is 16.0. The molecule has 0 amide bonds. The minimum absolute atomic E-state index is 0.0723. The standard InChI is InChI=1S/C24H20F2N4O3/c1-2-33-24(32)19-12-27-18(11-28-19)16-10-15(8-13-5-6-14(25)9-17(13)26)29-22-20-4-3-7-30(20)23(31)21(16)22/h5-6,9-12,31H,2-4,7-8H2,1H3. The zero-order valence-corrected chi connectivity index (χ0v) is 17.8. The van der Waals surface area contributed by atoms with Crippen LogP contribution in [-0.2, 0) is 24.1 Å². The zero-order chi connectivity index (χ0) is 23.1. The van der Waals surface area contributed by atoms with Crippen LogP contribution in [0.15, 0.2) is 36.7 Å². The van der Waals surface area contributed by atoms with Crippen LogP contribution in [0.1, 0.15) is 40.8 Å². The molecule has 0 atom stereocenters. The number of hydrogen-bond donors (Lipinski definition) is 1. The van der Waals surface area contributed by atoms with Crippen LogP contribution in [0.2, 0.25) is 0 Å². The number of aromatic hydroxyl groups is 1. The van der Waals surface area contributed by atoms with Gasteiger partial charge in [-0.25, -0.2) is 18.6 Å². The van der Waals surface area contributed by atoms with Crippen LogP contribution in [-0.4, -0.2) is 37.2 Å². The number of carbonyl (C=O) groups is 1. The predicted molar refractivity (Wildman–Crippen MR) is 116 cm³/mol. The van der Waals surface area contributed by atoms with E-state index >= 15 is 0 Å². The number of halogens is 2. The van der Waals surface area contributed by atoms with Crippen molar-refractivity contribution < 1.29 is 23.4 Å². The molecule has 1 N–H and O–H groups in total. The summed E-state index contributed by atoms with van der Waals surface area (Å²) in [6.07, 6.45) is 4.53. The monoisotopic (exact) mass is 450 g/mol. The SMILES string of the molecule is CCOC(=O)c1cnc(-c2cc(Cc3ccc(F)cc3F)nc3c4n(c(O)c23)CCC4)cn1. The lowest BCUT2D eigenvalue weighted by Crippen LogP contribution is -2.07. The fourth-order valence-corrected chi connectivity index (χ4v) is 4.25. The van der Waals surface area contributed by atoms with Gasteiger partial charge in [0.05, 0.1) is 35.6 Å². The van der Waals surface area contributed by atoms with Crippen LogP contribution >= 0.6 is 0 Å². The molecule has 4 heterocycles. The van der Waals surface area contributed by atoms with Crippen molar-refractivity contribution in [2.24, 2.45) is 0 Å². The highest BCUT2D eigenvalue weighted by atomic mass is 19.1. The number of esters is 1. The first-order valence-corrected chi connectivity index (χ1v) is 10.6. The molecule has 0 aliphatic carbocycles. The Kier molecular flexibility index (Phi) is 5.24. The van der Waals surface area contributed by atoms with E-state index in [-0.39, 0.29) is 24.6 Å². The summed E-state index contributed by atoms with van der Waals surface area (Å²) in [5.41, 5.74) is 3.44. The number of benzene rings is 1. The molecule has 0 fully saturated rings. The van der Waals surface area contributed by atoms with Crippen molar-refractivity contribution >= 4 is 16.9 Å². The van der Waals surface area contributed by atoms with Crippen molar-refractivity contribution in [1.29, 1.82) is 0 Å². The lowest BCUT2D eigenvalue weighted by molar-refractivity contribution is 0.0519. The smallest absolute Gasteiger partial charge is 0.358 e. The Morgan fingerprint density at radius 3 is 2.79 bits per heavy atom. The number of aryl methyl sites for hydroxylation is 1. The van der Waals surface area contributed by atoms with Gasteiger partial charge in [0.2, 0.25) is 5.88 Å². The topological polar surface area (TPSA) is 90.1 Å². The van der Waals surface area contributed by atoms with Gasteiger partial charge in [-0.1, -0.05) is 6.07 Å². The van der Waals surface area contributed by atoms with Crippen LogP contribution < -0.4 is 0 Å². The highest BCUT2D eigenvalue weighted by Crippen LogP contribution is 2.40. The van der Waals surface area contributed by atoms with Crippen LogP contribution in [0.4, 0.5) is 8.78 Å². The average molecular weight is 450 g/mol. The third-order valence-corrected chi connectivity index (χ3v) is 5.75. The maximum Gasteiger partial charge on any atom is 0.358 e. The molecule has 1 aromatic carbocycles. The maximum absolute atomic E-state index is 14.3. The molecule has 5 rings (SSSR count). The van der Waals surface area contributed by atoms with Gasteiger partial charge in [-0.3, -0.25) is 9.97 Å². The van der Waals surface area contributed by atoms with Crippen molar-refractivity contribution in [1.82, 2.24) is 19.5 Å². The highest BCUT2D eigenvalue weighted by Gasteiger charge is 2.26. The van der Waals surface area contributed by atoms with Gasteiger partial charge >= 0.3 is 5.97 Å². The molecule has 4 aromatic rings. The van der Waals surface area contributed by atoms with E-state index in [1.165, 1.54) is 24.5 Å². The Morgan fingerprint density at radius 1 is 1.21 bits per heavy atom. The zero-order valence-electron chi connectivity index (χ0n) is 17.8. The summed E-state index contributed by atoms with van der Waals surface area (Å²) < 4.78 is 34.4. The summed E-state index contributed by atoms with van der Waals surface area (Å²) in [6, 6.07) is 5.16. The Hall–Kier alpha value is -3.88. The predicted octanol–water partition coefficient (Wildman–Crippen LogP) is 4.19. The summed E-state index contributed by atoms with van der Waals surface area (Å²) in [7, 11) is 0. The van der Waals surface area contributed by atoms with E-state index in [1.54, 1.807) is 13.0 Å². The maximum atomic E-state index is 14.3. The van der Waals surface area contributed by atoms with Gasteiger partial charge in [-0.2, -0.15) is 0 Å². The third kappa shape index (κ3) is 3.69. The van der Waals surface area contributed by atoms with Crippen LogP contribution in [0.5, 0.6) is 5.88 Å². The Labute approximate surface area is 187 Å². The van der Waals surface area contributed by atoms with Crippen molar-refractivity contribution in [2.75, 3.05) is 6.61 Å². The summed E-state index contributed by atoms with van der Waals surface area (Å²) in [4.78, 5) is 25.2. The molecular weight excluding hydrogens is 430 g/mol. The van der Waals surface area contributed by atoms with Crippen LogP contribution in [0.3, 0.4) is 0 Å². The minimum atomic E-state index is -0.651. The molecule has 1 aliphatic rings. The summed E-state index contributed by atoms with van der Waals surface area (Å²) >= 11 is 0. The van der Waals surface area contributed by atoms with Gasteiger partial charge in [0.1, 0.15) is 11.6 Å². The summed E-state index contributed by atoms with van der Waals surface area (Å²) in [5, 5.41) is 11.5. The number of carbonyl (C=O) groups excluding carboxylic acids is 1. The number of nitrogens with zero attached hydrogens (tertiary/aromatic N) is 4. The van der Waals surface area contributed by atoms with E-state index in [1.807, 2.05) is 4.57 Å². The van der Waals surface area contributed by atoms with Crippen LogP contribution in [0, 0.1) is 11.6 Å². The fraction of sp³-hybridized carbons (Fsp3) is 0.250. The number of fused-ring (bicyclic) bond motifs is 3. The quantitative estimate of drug-likeness (QED) is 0.459. The fourth-order valence-electron chi connectivity index (χ4n) is 4.25. The number of hydrogen-bond acceptors (Lipinski definition) is 6. The number of aromatic nitrogens is 4. The van der Waals surface area contributed by atoms with Gasteiger partial charge in [-0.05, 0) is 37.5 Å². The molecule has 0 saturated heterocycles. The molecule has 9 heteroatoms. The van der Waals surface area contributed by atoms with Crippen molar-refractivity contribution in [3.63, 3.8) is 0 Å². The molecule has 1 aliphatic heterocycles. The second-order valence-corrected chi connectivity index (χ2v) is 7.83. The van der Waals surface area contributed by atoms with Crippen LogP contribution in [0.25, 0.3) is 22.2 Å². The number of rotatable bonds is 5. The Balaban J connectivity index is 1.64. The first kappa shape index (κ1) is 21.0. The van der Waals surface area contributed by atoms with Gasteiger partial charge < -0.3 is 14.4 Å². The van der Waals surface area contributed by atoms with Crippen molar-refractivity contribution in [3.8, 4) is 17.1 Å². The van der Waals surface area contributed by atoms with E-state index in [2.05, 4.69) is 9.97 Å². The van der Waals surface area contributed by atoms with Gasteiger partial charge in [0, 0.05) is 36.0 Å². The first-order valence-electron chi connectivity index (χ1n) is 10.6. The molecule has 0 unspecified atom stereocenters. The Morgan fingerprint density at radius 2 is 2.06 bits per heavy atom. The lowest BCUT2D eigenvalue weighted by atomic mass is 10.0. The highest BCUT2D eigenvalue weighted by molar-refractivity contribution is 6.00. The van der Waals surface area contributed by atoms with E-state index in [9.17, 15) is 18.7 Å². The van der Waals surface area contributed by atoms with Gasteiger partial charge in [-0.15, -0.1) is 0 Å². The van der Waals surface area contributed by atoms with E-state index in [0.29, 0.717) is 40.0 Å². The van der Waals surface area contributed by atoms with Gasteiger partial charge in [0.15, 0.2) is 5.69 Å². The number of ether oxygens (including phenoxy) is 1. The second-order valence-electron chi connectivity index (χ2n) is 7.83. The summed E-state index contributed by atoms with van der Waals surface area (Å²) in [6.45, 7) is 2.60. The molecule has 0 radical (unpaired) electrons. The molecule has 0 saturated carbocycles. The average Bonchev–Trinajstić information content (AvgIpc) is 3.39. The van der Waals surface area contributed by atoms with Gasteiger partial charge in [0.25, 0.3) is 0 Å². The lowest BCUT2D eigenvalue weighted by Gasteiger charge is -2.09. The van der Waals surface area contributed by atoms with Crippen molar-refractivity contribution in [2.45, 2.75) is 32.7 Å². The second kappa shape index (κ2) is 8.23. The number of pyridine rings is 1. The molecular formula is C24H20F2N4O3. The van der Waals surface area contributed by atoms with Crippen molar-refractivity contribution in [3.05, 3.63) is 70.9 Å². The molecule has 168 valence electrons. The molecule has 7 nitrogen and oxygen atoms in total. The molecule has 0 spiro atoms. The van der Waals surface area contributed by atoms with E-state index in [4.69, 9.17) is 9.72 Å². The largest absolute Gasteiger partial charge is 0.494 e. The molecule has 3 aromatic heterocycles.